The van der Waals surface area contributed by atoms with Gasteiger partial charge in [0.15, 0.2) is 0 Å². The van der Waals surface area contributed by atoms with Crippen molar-refractivity contribution in [2.45, 2.75) is 0 Å². The molecule has 302 valence electrons. The molecule has 0 unspecified atom stereocenters. The zero-order chi connectivity index (χ0) is 42.8. The lowest BCUT2D eigenvalue weighted by molar-refractivity contribution is 0.669. The fourth-order valence-electron chi connectivity index (χ4n) is 9.20. The summed E-state index contributed by atoms with van der Waals surface area (Å²) in [6, 6.07) is 76.3. The summed E-state index contributed by atoms with van der Waals surface area (Å²) in [6.45, 7) is 0. The monoisotopic (exact) mass is 828 g/mol. The van der Waals surface area contributed by atoms with Gasteiger partial charge in [0.05, 0.1) is 44.8 Å². The summed E-state index contributed by atoms with van der Waals surface area (Å²) in [7, 11) is 0. The normalized spacial score (nSPS) is 11.7. The van der Waals surface area contributed by atoms with Gasteiger partial charge >= 0.3 is 0 Å². The number of furan rings is 1. The maximum absolute atomic E-state index is 6.36. The van der Waals surface area contributed by atoms with E-state index in [9.17, 15) is 0 Å². The molecule has 8 aromatic carbocycles. The number of hydrogen-bond donors (Lipinski definition) is 0. The van der Waals surface area contributed by atoms with Gasteiger partial charge in [-0.05, 0) is 70.8 Å². The number of benzene rings is 8. The van der Waals surface area contributed by atoms with Gasteiger partial charge < -0.3 is 4.42 Å². The summed E-state index contributed by atoms with van der Waals surface area (Å²) in [5.41, 5.74) is 17.8. The van der Waals surface area contributed by atoms with Crippen molar-refractivity contribution in [1.82, 2.24) is 19.9 Å². The highest BCUT2D eigenvalue weighted by molar-refractivity contribution is 6.08. The molecular formula is C60H36N4O. The van der Waals surface area contributed by atoms with E-state index in [1.165, 1.54) is 0 Å². The lowest BCUT2D eigenvalue weighted by atomic mass is 9.98. The van der Waals surface area contributed by atoms with Crippen molar-refractivity contribution in [3.05, 3.63) is 218 Å². The van der Waals surface area contributed by atoms with E-state index in [4.69, 9.17) is 24.4 Å². The summed E-state index contributed by atoms with van der Waals surface area (Å²) >= 11 is 0. The molecule has 5 heterocycles. The van der Waals surface area contributed by atoms with Gasteiger partial charge in [-0.15, -0.1) is 0 Å². The van der Waals surface area contributed by atoms with E-state index in [0.717, 1.165) is 133 Å². The van der Waals surface area contributed by atoms with E-state index >= 15 is 0 Å². The third kappa shape index (κ3) is 6.49. The maximum atomic E-state index is 6.36. The highest BCUT2D eigenvalue weighted by Gasteiger charge is 2.14. The van der Waals surface area contributed by atoms with Crippen LogP contribution in [0.3, 0.4) is 0 Å². The van der Waals surface area contributed by atoms with Crippen LogP contribution in [-0.2, 0) is 0 Å². The summed E-state index contributed by atoms with van der Waals surface area (Å²) in [5, 5.41) is 6.46. The second kappa shape index (κ2) is 14.9. The molecule has 65 heavy (non-hydrogen) atoms. The average molecular weight is 829 g/mol. The standard InChI is InChI=1S/C60H36N4O/c1-3-7-39(8-4-1)51-29-23-43-19-21-45-25-31-53(63-59(45)57(43)61-51)41-15-11-37(12-16-41)47-27-33-55-49(35-47)50-36-48(28-34-56(50)65-55)38-13-17-42(18-14-38)54-32-26-46-22-20-44-24-30-52(40-9-5-2-6-10-40)62-58(44)60(46)64-54/h1-36H. The first-order valence-corrected chi connectivity index (χ1v) is 21.9. The zero-order valence-corrected chi connectivity index (χ0v) is 35.0. The van der Waals surface area contributed by atoms with Gasteiger partial charge in [0, 0.05) is 54.6 Å². The second-order valence-electron chi connectivity index (χ2n) is 16.6. The Morgan fingerprint density at radius 1 is 0.231 bits per heavy atom. The van der Waals surface area contributed by atoms with Crippen LogP contribution in [0, 0.1) is 0 Å². The van der Waals surface area contributed by atoms with Gasteiger partial charge in [0.2, 0.25) is 0 Å². The molecule has 5 heteroatoms. The fraction of sp³-hybridized carbons (Fsp3) is 0. The summed E-state index contributed by atoms with van der Waals surface area (Å²) < 4.78 is 6.36. The molecule has 0 aliphatic heterocycles. The molecule has 0 N–H and O–H groups in total. The van der Waals surface area contributed by atoms with Crippen LogP contribution >= 0.6 is 0 Å². The molecule has 13 rings (SSSR count). The van der Waals surface area contributed by atoms with Crippen LogP contribution in [0.1, 0.15) is 0 Å². The van der Waals surface area contributed by atoms with E-state index < -0.39 is 0 Å². The highest BCUT2D eigenvalue weighted by atomic mass is 16.3. The highest BCUT2D eigenvalue weighted by Crippen LogP contribution is 2.37. The molecule has 5 nitrogen and oxygen atoms in total. The van der Waals surface area contributed by atoms with Crippen molar-refractivity contribution >= 4 is 65.6 Å². The molecule has 0 saturated carbocycles. The lowest BCUT2D eigenvalue weighted by Crippen LogP contribution is -1.91. The first kappa shape index (κ1) is 36.8. The molecule has 5 aromatic heterocycles. The Hall–Kier alpha value is -8.80. The lowest BCUT2D eigenvalue weighted by Gasteiger charge is -2.09. The van der Waals surface area contributed by atoms with Gasteiger partial charge in [0.25, 0.3) is 0 Å². The molecular weight excluding hydrogens is 793 g/mol. The van der Waals surface area contributed by atoms with Crippen LogP contribution in [0.15, 0.2) is 223 Å². The topological polar surface area (TPSA) is 64.7 Å². The van der Waals surface area contributed by atoms with E-state index in [1.54, 1.807) is 0 Å². The van der Waals surface area contributed by atoms with Gasteiger partial charge in [-0.3, -0.25) is 0 Å². The van der Waals surface area contributed by atoms with Crippen LogP contribution < -0.4 is 0 Å². The van der Waals surface area contributed by atoms with Crippen molar-refractivity contribution in [3.63, 3.8) is 0 Å². The zero-order valence-electron chi connectivity index (χ0n) is 35.0. The van der Waals surface area contributed by atoms with Crippen LogP contribution in [0.2, 0.25) is 0 Å². The van der Waals surface area contributed by atoms with Crippen LogP contribution in [-0.4, -0.2) is 19.9 Å². The molecule has 13 aromatic rings. The van der Waals surface area contributed by atoms with E-state index in [-0.39, 0.29) is 0 Å². The molecule has 0 amide bonds. The molecule has 0 saturated heterocycles. The van der Waals surface area contributed by atoms with E-state index in [1.807, 2.05) is 36.4 Å². The van der Waals surface area contributed by atoms with E-state index in [0.29, 0.717) is 0 Å². The Morgan fingerprint density at radius 2 is 0.508 bits per heavy atom. The van der Waals surface area contributed by atoms with Crippen molar-refractivity contribution in [3.8, 4) is 67.3 Å². The predicted molar refractivity (Wildman–Crippen MR) is 268 cm³/mol. The van der Waals surface area contributed by atoms with Crippen LogP contribution in [0.4, 0.5) is 0 Å². The largest absolute Gasteiger partial charge is 0.456 e. The molecule has 0 aliphatic rings. The third-order valence-electron chi connectivity index (χ3n) is 12.7. The van der Waals surface area contributed by atoms with Crippen LogP contribution in [0.5, 0.6) is 0 Å². The number of hydrogen-bond acceptors (Lipinski definition) is 5. The van der Waals surface area contributed by atoms with Gasteiger partial charge in [0.1, 0.15) is 11.2 Å². The number of fused-ring (bicyclic) bond motifs is 9. The second-order valence-corrected chi connectivity index (χ2v) is 16.6. The van der Waals surface area contributed by atoms with Gasteiger partial charge in [-0.2, -0.15) is 0 Å². The summed E-state index contributed by atoms with van der Waals surface area (Å²) in [6.07, 6.45) is 0. The molecule has 0 bridgehead atoms. The minimum absolute atomic E-state index is 0.866. The van der Waals surface area contributed by atoms with Gasteiger partial charge in [-0.25, -0.2) is 19.9 Å². The SMILES string of the molecule is c1ccc(-c2ccc3ccc4ccc(-c5ccc(-c6ccc7oc8ccc(-c9ccc(-c%10ccc%11ccc%12ccc(-c%13ccccc%13)nc%12c%11n%10)cc9)cc8c7c6)cc5)nc4c3n2)cc1. The molecule has 0 spiro atoms. The predicted octanol–water partition coefficient (Wildman–Crippen LogP) is 15.8. The van der Waals surface area contributed by atoms with Crippen molar-refractivity contribution < 1.29 is 4.42 Å². The average Bonchev–Trinajstić information content (AvgIpc) is 3.76. The Morgan fingerprint density at radius 3 is 0.846 bits per heavy atom. The molecule has 0 fully saturated rings. The Kier molecular flexibility index (Phi) is 8.46. The summed E-state index contributed by atoms with van der Waals surface area (Å²) in [4.78, 5) is 20.6. The number of aromatic nitrogens is 4. The van der Waals surface area contributed by atoms with Crippen molar-refractivity contribution in [1.29, 1.82) is 0 Å². The smallest absolute Gasteiger partial charge is 0.135 e. The summed E-state index contributed by atoms with van der Waals surface area (Å²) in [5.74, 6) is 0. The quantitative estimate of drug-likeness (QED) is 0.156. The minimum atomic E-state index is 0.866. The van der Waals surface area contributed by atoms with Crippen molar-refractivity contribution in [2.24, 2.45) is 0 Å². The first-order valence-electron chi connectivity index (χ1n) is 21.9. The maximum Gasteiger partial charge on any atom is 0.135 e. The Bertz CT molecular complexity index is 3710. The molecule has 0 radical (unpaired) electrons. The Labute approximate surface area is 374 Å². The molecule has 0 atom stereocenters. The van der Waals surface area contributed by atoms with E-state index in [2.05, 4.69) is 182 Å². The number of nitrogens with zero attached hydrogens (tertiary/aromatic N) is 4. The first-order chi connectivity index (χ1) is 32.1. The van der Waals surface area contributed by atoms with Crippen LogP contribution in [0.25, 0.3) is 133 Å². The Balaban J connectivity index is 0.795. The van der Waals surface area contributed by atoms with Gasteiger partial charge in [-0.1, -0.05) is 170 Å². The number of pyridine rings is 4. The number of rotatable bonds is 6. The third-order valence-corrected chi connectivity index (χ3v) is 12.7. The fourth-order valence-corrected chi connectivity index (χ4v) is 9.20. The minimum Gasteiger partial charge on any atom is -0.456 e. The van der Waals surface area contributed by atoms with Crippen molar-refractivity contribution in [2.75, 3.05) is 0 Å². The molecule has 0 aliphatic carbocycles.